The van der Waals surface area contributed by atoms with Crippen molar-refractivity contribution in [3.8, 4) is 5.75 Å². The summed E-state index contributed by atoms with van der Waals surface area (Å²) in [5.41, 5.74) is 6.24. The number of amides is 1. The second kappa shape index (κ2) is 8.36. The molecule has 0 radical (unpaired) electrons. The average molecular weight is 404 g/mol. The number of fused-ring (bicyclic) bond motifs is 2. The molecule has 7 heteroatoms. The Balaban J connectivity index is 1.43. The number of nitrogens with one attached hydrogen (secondary N) is 2. The maximum atomic E-state index is 12.3. The maximum Gasteiger partial charge on any atom is 0.250 e. The molecule has 6 nitrogen and oxygen atoms in total. The topological polar surface area (TPSA) is 79.4 Å². The first-order valence-electron chi connectivity index (χ1n) is 9.11. The summed E-state index contributed by atoms with van der Waals surface area (Å²) in [6, 6.07) is 15.7. The van der Waals surface area contributed by atoms with Gasteiger partial charge in [-0.1, -0.05) is 30.3 Å². The van der Waals surface area contributed by atoms with Gasteiger partial charge in [0.15, 0.2) is 0 Å². The summed E-state index contributed by atoms with van der Waals surface area (Å²) in [7, 11) is 1.63. The Bertz CT molecular complexity index is 1220. The van der Waals surface area contributed by atoms with Gasteiger partial charge in [-0.3, -0.25) is 4.79 Å². The number of nitrogens with zero attached hydrogens (tertiary/aromatic N) is 2. The Hall–Kier alpha value is -3.32. The first-order chi connectivity index (χ1) is 14.2. The van der Waals surface area contributed by atoms with Crippen LogP contribution in [0.3, 0.4) is 0 Å². The lowest BCUT2D eigenvalue weighted by molar-refractivity contribution is -0.118. The molecule has 0 bridgehead atoms. The Morgan fingerprint density at radius 1 is 1.24 bits per heavy atom. The van der Waals surface area contributed by atoms with Gasteiger partial charge < -0.3 is 9.72 Å². The predicted octanol–water partition coefficient (Wildman–Crippen LogP) is 4.28. The van der Waals surface area contributed by atoms with Gasteiger partial charge in [0.2, 0.25) is 5.91 Å². The van der Waals surface area contributed by atoms with Gasteiger partial charge in [-0.15, -0.1) is 11.8 Å². The first-order valence-corrected chi connectivity index (χ1v) is 10.1. The summed E-state index contributed by atoms with van der Waals surface area (Å²) in [5, 5.41) is 6.12. The van der Waals surface area contributed by atoms with Crippen LogP contribution in [0.5, 0.6) is 5.75 Å². The van der Waals surface area contributed by atoms with Crippen LogP contribution in [0, 0.1) is 6.92 Å². The van der Waals surface area contributed by atoms with E-state index in [4.69, 9.17) is 4.74 Å². The van der Waals surface area contributed by atoms with Crippen LogP contribution in [0.15, 0.2) is 64.7 Å². The van der Waals surface area contributed by atoms with Crippen molar-refractivity contribution in [3.05, 3.63) is 66.0 Å². The van der Waals surface area contributed by atoms with Gasteiger partial charge in [-0.05, 0) is 25.1 Å². The van der Waals surface area contributed by atoms with E-state index in [-0.39, 0.29) is 11.7 Å². The number of aromatic nitrogens is 2. The number of pyridine rings is 1. The molecule has 0 spiro atoms. The summed E-state index contributed by atoms with van der Waals surface area (Å²) in [4.78, 5) is 21.0. The second-order valence-electron chi connectivity index (χ2n) is 6.49. The van der Waals surface area contributed by atoms with Gasteiger partial charge in [0, 0.05) is 38.6 Å². The number of aromatic amines is 1. The van der Waals surface area contributed by atoms with Crippen molar-refractivity contribution >= 4 is 45.7 Å². The minimum absolute atomic E-state index is 0.170. The molecule has 0 aliphatic carbocycles. The van der Waals surface area contributed by atoms with Crippen molar-refractivity contribution in [2.24, 2.45) is 5.10 Å². The summed E-state index contributed by atoms with van der Waals surface area (Å²) >= 11 is 1.45. The fourth-order valence-electron chi connectivity index (χ4n) is 3.15. The molecule has 0 aliphatic rings. The molecule has 2 aromatic carbocycles. The Labute approximate surface area is 172 Å². The third-order valence-electron chi connectivity index (χ3n) is 4.49. The number of H-pyrrole nitrogens is 1. The fourth-order valence-corrected chi connectivity index (χ4v) is 4.07. The number of thioether (sulfide) groups is 1. The number of carbonyl (C=O) groups is 1. The van der Waals surface area contributed by atoms with Gasteiger partial charge in [-0.25, -0.2) is 10.4 Å². The van der Waals surface area contributed by atoms with Crippen LogP contribution in [-0.4, -0.2) is 35.0 Å². The third-order valence-corrected chi connectivity index (χ3v) is 5.54. The molecule has 4 rings (SSSR count). The molecule has 4 aromatic rings. The van der Waals surface area contributed by atoms with Gasteiger partial charge >= 0.3 is 0 Å². The van der Waals surface area contributed by atoms with Crippen molar-refractivity contribution in [1.82, 2.24) is 15.4 Å². The number of hydrogen-bond donors (Lipinski definition) is 2. The molecule has 0 saturated carbocycles. The van der Waals surface area contributed by atoms with Crippen LogP contribution >= 0.6 is 11.8 Å². The molecule has 1 amide bonds. The number of ether oxygens (including phenoxy) is 1. The normalized spacial score (nSPS) is 11.4. The van der Waals surface area contributed by atoms with Crippen LogP contribution in [0.2, 0.25) is 0 Å². The van der Waals surface area contributed by atoms with E-state index in [1.807, 2.05) is 61.7 Å². The van der Waals surface area contributed by atoms with Crippen molar-refractivity contribution in [2.45, 2.75) is 11.8 Å². The van der Waals surface area contributed by atoms with Crippen molar-refractivity contribution in [3.63, 3.8) is 0 Å². The summed E-state index contributed by atoms with van der Waals surface area (Å²) in [5.74, 6) is 0.804. The third kappa shape index (κ3) is 4.09. The lowest BCUT2D eigenvalue weighted by atomic mass is 10.2. The highest BCUT2D eigenvalue weighted by Crippen LogP contribution is 2.32. The number of rotatable bonds is 6. The predicted molar refractivity (Wildman–Crippen MR) is 118 cm³/mol. The van der Waals surface area contributed by atoms with E-state index in [1.54, 1.807) is 13.3 Å². The minimum Gasteiger partial charge on any atom is -0.494 e. The standard InChI is InChI=1S/C22H20N4O2S/c1-14-10-20(17-7-5-9-19(28-2)22(17)25-14)29-13-21(27)26-24-12-15-11-23-18-8-4-3-6-16(15)18/h3-12,23H,13H2,1-2H3,(H,26,27)/b24-12-. The molecule has 29 heavy (non-hydrogen) atoms. The van der Waals surface area contributed by atoms with Crippen LogP contribution in [0.4, 0.5) is 0 Å². The van der Waals surface area contributed by atoms with E-state index in [0.29, 0.717) is 0 Å². The fraction of sp³-hybridized carbons (Fsp3) is 0.136. The average Bonchev–Trinajstić information content (AvgIpc) is 3.14. The van der Waals surface area contributed by atoms with Crippen LogP contribution < -0.4 is 10.2 Å². The molecule has 0 fully saturated rings. The number of aryl methyl sites for hydroxylation is 1. The van der Waals surface area contributed by atoms with Crippen LogP contribution in [0.25, 0.3) is 21.8 Å². The Kier molecular flexibility index (Phi) is 5.48. The minimum atomic E-state index is -0.170. The van der Waals surface area contributed by atoms with Crippen LogP contribution in [0.1, 0.15) is 11.3 Å². The monoisotopic (exact) mass is 404 g/mol. The van der Waals surface area contributed by atoms with Crippen molar-refractivity contribution in [1.29, 1.82) is 0 Å². The van der Waals surface area contributed by atoms with Gasteiger partial charge in [-0.2, -0.15) is 5.10 Å². The highest BCUT2D eigenvalue weighted by atomic mass is 32.2. The zero-order valence-corrected chi connectivity index (χ0v) is 16.9. The molecule has 0 saturated heterocycles. The zero-order valence-electron chi connectivity index (χ0n) is 16.1. The van der Waals surface area contributed by atoms with E-state index < -0.39 is 0 Å². The molecular formula is C22H20N4O2S. The summed E-state index contributed by atoms with van der Waals surface area (Å²) in [6.45, 7) is 1.93. The molecular weight excluding hydrogens is 384 g/mol. The van der Waals surface area contributed by atoms with Gasteiger partial charge in [0.1, 0.15) is 11.3 Å². The molecule has 2 heterocycles. The van der Waals surface area contributed by atoms with E-state index in [2.05, 4.69) is 20.5 Å². The van der Waals surface area contributed by atoms with Gasteiger partial charge in [0.25, 0.3) is 0 Å². The number of benzene rings is 2. The second-order valence-corrected chi connectivity index (χ2v) is 7.51. The quantitative estimate of drug-likeness (QED) is 0.286. The molecule has 2 N–H and O–H groups in total. The molecule has 2 aromatic heterocycles. The highest BCUT2D eigenvalue weighted by Gasteiger charge is 2.10. The maximum absolute atomic E-state index is 12.3. The van der Waals surface area contributed by atoms with E-state index in [0.717, 1.165) is 43.7 Å². The zero-order chi connectivity index (χ0) is 20.2. The van der Waals surface area contributed by atoms with Crippen LogP contribution in [-0.2, 0) is 4.79 Å². The number of hydrogen-bond acceptors (Lipinski definition) is 5. The SMILES string of the molecule is COc1cccc2c(SCC(=O)N/N=C\c3c[nH]c4ccccc34)cc(C)nc12. The first kappa shape index (κ1) is 19.0. The Morgan fingerprint density at radius 2 is 2.07 bits per heavy atom. The largest absolute Gasteiger partial charge is 0.494 e. The van der Waals surface area contributed by atoms with E-state index in [1.165, 1.54) is 11.8 Å². The summed E-state index contributed by atoms with van der Waals surface area (Å²) in [6.07, 6.45) is 3.52. The number of methoxy groups -OCH3 is 1. The van der Waals surface area contributed by atoms with E-state index in [9.17, 15) is 4.79 Å². The number of para-hydroxylation sites is 2. The lowest BCUT2D eigenvalue weighted by Gasteiger charge is -2.10. The smallest absolute Gasteiger partial charge is 0.250 e. The molecule has 0 unspecified atom stereocenters. The van der Waals surface area contributed by atoms with E-state index >= 15 is 0 Å². The Morgan fingerprint density at radius 3 is 2.93 bits per heavy atom. The molecule has 0 aliphatic heterocycles. The van der Waals surface area contributed by atoms with Crippen molar-refractivity contribution in [2.75, 3.05) is 12.9 Å². The molecule has 146 valence electrons. The molecule has 0 atom stereocenters. The van der Waals surface area contributed by atoms with Gasteiger partial charge in [0.05, 0.1) is 19.1 Å². The highest BCUT2D eigenvalue weighted by molar-refractivity contribution is 8.00. The number of hydrazone groups is 1. The van der Waals surface area contributed by atoms with Crippen molar-refractivity contribution < 1.29 is 9.53 Å². The number of carbonyl (C=O) groups excluding carboxylic acids is 1. The summed E-state index contributed by atoms with van der Waals surface area (Å²) < 4.78 is 5.41. The lowest BCUT2D eigenvalue weighted by Crippen LogP contribution is -2.19.